The maximum atomic E-state index is 12.6. The molecule has 1 amide bonds. The number of fused-ring (bicyclic) bond motifs is 1. The summed E-state index contributed by atoms with van der Waals surface area (Å²) in [5, 5.41) is 20.6. The van der Waals surface area contributed by atoms with Gasteiger partial charge in [0.1, 0.15) is 0 Å². The minimum atomic E-state index is -3.84. The van der Waals surface area contributed by atoms with Crippen LogP contribution in [0.3, 0.4) is 0 Å². The van der Waals surface area contributed by atoms with Crippen molar-refractivity contribution in [2.24, 2.45) is 0 Å². The molecule has 8 nitrogen and oxygen atoms in total. The van der Waals surface area contributed by atoms with Gasteiger partial charge in [-0.3, -0.25) is 14.8 Å². The third-order valence-corrected chi connectivity index (χ3v) is 7.93. The van der Waals surface area contributed by atoms with Crippen LogP contribution in [0.5, 0.6) is 0 Å². The minimum Gasteiger partial charge on any atom is -0.389 e. The molecule has 0 fully saturated rings. The maximum absolute atomic E-state index is 12.6. The number of hydrogen-bond acceptors (Lipinski definition) is 6. The molecule has 0 spiro atoms. The minimum absolute atomic E-state index is 0.0179. The first-order valence-corrected chi connectivity index (χ1v) is 11.9. The predicted octanol–water partition coefficient (Wildman–Crippen LogP) is 2.42. The Morgan fingerprint density at radius 3 is 2.31 bits per heavy atom. The van der Waals surface area contributed by atoms with Crippen molar-refractivity contribution >= 4 is 26.5 Å². The van der Waals surface area contributed by atoms with Crippen LogP contribution in [0.4, 0.5) is 0 Å². The number of aliphatic hydroxyl groups excluding tert-OH is 1. The normalized spacial score (nSPS) is 14.7. The van der Waals surface area contributed by atoms with Gasteiger partial charge < -0.3 is 9.67 Å². The number of benzene rings is 2. The lowest BCUT2D eigenvalue weighted by Gasteiger charge is -2.25. The molecule has 32 heavy (non-hydrogen) atoms. The number of sulfone groups is 1. The van der Waals surface area contributed by atoms with E-state index in [1.165, 1.54) is 23.0 Å². The van der Waals surface area contributed by atoms with Gasteiger partial charge in [0.15, 0.2) is 14.6 Å². The second kappa shape index (κ2) is 8.85. The smallest absolute Gasteiger partial charge is 0.264 e. The number of nitrogens with one attached hydrogen (secondary N) is 1. The van der Waals surface area contributed by atoms with Gasteiger partial charge in [0.25, 0.3) is 11.5 Å². The van der Waals surface area contributed by atoms with E-state index in [1.54, 1.807) is 19.2 Å². The number of pyridine rings is 1. The summed E-state index contributed by atoms with van der Waals surface area (Å²) >= 11 is 0. The molecular formula is C23H26N2O6S. The molecule has 1 aromatic heterocycles. The lowest BCUT2D eigenvalue weighted by atomic mass is 9.99. The number of hydroxylamine groups is 1. The predicted molar refractivity (Wildman–Crippen MR) is 122 cm³/mol. The van der Waals surface area contributed by atoms with Gasteiger partial charge in [-0.1, -0.05) is 24.3 Å². The zero-order valence-corrected chi connectivity index (χ0v) is 18.9. The Balaban J connectivity index is 1.87. The molecule has 2 aromatic carbocycles. The lowest BCUT2D eigenvalue weighted by molar-refractivity contribution is -0.131. The van der Waals surface area contributed by atoms with E-state index in [1.807, 2.05) is 36.4 Å². The Morgan fingerprint density at radius 2 is 1.72 bits per heavy atom. The third kappa shape index (κ3) is 4.59. The van der Waals surface area contributed by atoms with E-state index in [-0.39, 0.29) is 18.5 Å². The van der Waals surface area contributed by atoms with Gasteiger partial charge in [-0.15, -0.1) is 0 Å². The fourth-order valence-electron chi connectivity index (χ4n) is 3.50. The van der Waals surface area contributed by atoms with Crippen molar-refractivity contribution in [3.63, 3.8) is 0 Å². The van der Waals surface area contributed by atoms with Crippen molar-refractivity contribution in [1.82, 2.24) is 10.0 Å². The number of rotatable bonds is 7. The highest BCUT2D eigenvalue weighted by atomic mass is 32.2. The number of nitrogens with zero attached hydrogens (tertiary/aromatic N) is 1. The zero-order valence-electron chi connectivity index (χ0n) is 18.1. The molecule has 1 unspecified atom stereocenters. The van der Waals surface area contributed by atoms with E-state index >= 15 is 0 Å². The van der Waals surface area contributed by atoms with Crippen molar-refractivity contribution in [3.05, 3.63) is 70.6 Å². The topological polar surface area (TPSA) is 126 Å². The summed E-state index contributed by atoms with van der Waals surface area (Å²) in [4.78, 5) is 24.6. The maximum Gasteiger partial charge on any atom is 0.264 e. The summed E-state index contributed by atoms with van der Waals surface area (Å²) in [6.07, 6.45) is 1.73. The summed E-state index contributed by atoms with van der Waals surface area (Å²) in [5.41, 5.74) is 3.42. The summed E-state index contributed by atoms with van der Waals surface area (Å²) < 4.78 is 23.6. The third-order valence-electron chi connectivity index (χ3n) is 5.91. The van der Waals surface area contributed by atoms with Crippen LogP contribution >= 0.6 is 0 Å². The number of aromatic nitrogens is 1. The molecule has 0 saturated heterocycles. The summed E-state index contributed by atoms with van der Waals surface area (Å²) in [7, 11) is -3.84. The molecule has 170 valence electrons. The Labute approximate surface area is 186 Å². The van der Waals surface area contributed by atoms with E-state index in [9.17, 15) is 23.1 Å². The quantitative estimate of drug-likeness (QED) is 0.369. The van der Waals surface area contributed by atoms with Crippen molar-refractivity contribution in [2.45, 2.75) is 37.7 Å². The summed E-state index contributed by atoms with van der Waals surface area (Å²) in [6, 6.07) is 14.7. The fourth-order valence-corrected chi connectivity index (χ4v) is 4.34. The average molecular weight is 459 g/mol. The molecule has 1 heterocycles. The number of carbonyl (C=O) groups excluding carboxylic acids is 1. The Bertz CT molecular complexity index is 1330. The van der Waals surface area contributed by atoms with Crippen molar-refractivity contribution in [2.75, 3.05) is 6.26 Å². The van der Waals surface area contributed by atoms with E-state index in [0.29, 0.717) is 5.56 Å². The first-order chi connectivity index (χ1) is 15.0. The SMILES string of the molecule is C[C@H](O)c1ccc2cc(-c3ccn(CCC(C)(C(=O)NO)S(C)(=O)=O)c(=O)c3)ccc2c1. The number of aryl methyl sites for hydroxylation is 1. The first kappa shape index (κ1) is 23.6. The molecular weight excluding hydrogens is 432 g/mol. The molecule has 3 N–H and O–H groups in total. The fraction of sp³-hybridized carbons (Fsp3) is 0.304. The van der Waals surface area contributed by atoms with E-state index < -0.39 is 26.6 Å². The monoisotopic (exact) mass is 458 g/mol. The van der Waals surface area contributed by atoms with Crippen molar-refractivity contribution in [3.8, 4) is 11.1 Å². The van der Waals surface area contributed by atoms with Crippen LogP contribution in [0.25, 0.3) is 21.9 Å². The molecule has 3 rings (SSSR count). The van der Waals surface area contributed by atoms with Gasteiger partial charge in [0, 0.05) is 25.1 Å². The molecule has 2 atom stereocenters. The van der Waals surface area contributed by atoms with Crippen LogP contribution in [0.15, 0.2) is 59.5 Å². The highest BCUT2D eigenvalue weighted by Gasteiger charge is 2.43. The summed E-state index contributed by atoms with van der Waals surface area (Å²) in [5.74, 6) is -1.04. The zero-order chi connectivity index (χ0) is 23.7. The highest BCUT2D eigenvalue weighted by molar-refractivity contribution is 7.92. The molecule has 0 aliphatic carbocycles. The molecule has 0 aliphatic rings. The van der Waals surface area contributed by atoms with Gasteiger partial charge in [-0.05, 0) is 65.9 Å². The second-order valence-electron chi connectivity index (χ2n) is 8.14. The largest absolute Gasteiger partial charge is 0.389 e. The molecule has 9 heteroatoms. The molecule has 0 saturated carbocycles. The molecule has 0 radical (unpaired) electrons. The van der Waals surface area contributed by atoms with Gasteiger partial charge in [-0.2, -0.15) is 0 Å². The standard InChI is InChI=1S/C23H26N2O6S/c1-15(26)16-4-5-18-13-19(7-6-17(18)12-16)20-8-10-25(21(27)14-20)11-9-23(2,22(28)24-29)32(3,30)31/h4-8,10,12-15,26,29H,9,11H2,1-3H3,(H,24,28)/t15-,23?/m0/s1. The first-order valence-electron chi connectivity index (χ1n) is 10.0. The second-order valence-corrected chi connectivity index (χ2v) is 10.6. The van der Waals surface area contributed by atoms with Crippen LogP contribution in [0.2, 0.25) is 0 Å². The van der Waals surface area contributed by atoms with Crippen LogP contribution in [0.1, 0.15) is 31.9 Å². The van der Waals surface area contributed by atoms with Crippen LogP contribution in [-0.4, -0.2) is 40.2 Å². The van der Waals surface area contributed by atoms with E-state index in [4.69, 9.17) is 5.21 Å². The van der Waals surface area contributed by atoms with Gasteiger partial charge >= 0.3 is 0 Å². The molecule has 0 bridgehead atoms. The van der Waals surface area contributed by atoms with Crippen LogP contribution in [0, 0.1) is 0 Å². The van der Waals surface area contributed by atoms with E-state index in [2.05, 4.69) is 0 Å². The average Bonchev–Trinajstić information content (AvgIpc) is 2.75. The van der Waals surface area contributed by atoms with Gasteiger partial charge in [0.2, 0.25) is 0 Å². The van der Waals surface area contributed by atoms with Crippen molar-refractivity contribution < 1.29 is 23.5 Å². The Kier molecular flexibility index (Phi) is 6.54. The van der Waals surface area contributed by atoms with Crippen molar-refractivity contribution in [1.29, 1.82) is 0 Å². The van der Waals surface area contributed by atoms with Crippen LogP contribution < -0.4 is 11.0 Å². The van der Waals surface area contributed by atoms with E-state index in [0.717, 1.165) is 28.2 Å². The van der Waals surface area contributed by atoms with Gasteiger partial charge in [-0.25, -0.2) is 13.9 Å². The highest BCUT2D eigenvalue weighted by Crippen LogP contribution is 2.26. The number of hydrogen-bond donors (Lipinski definition) is 3. The van der Waals surface area contributed by atoms with Crippen LogP contribution in [-0.2, 0) is 21.2 Å². The Morgan fingerprint density at radius 1 is 1.09 bits per heavy atom. The van der Waals surface area contributed by atoms with Gasteiger partial charge in [0.05, 0.1) is 6.10 Å². The lowest BCUT2D eigenvalue weighted by Crippen LogP contribution is -2.49. The number of aliphatic hydroxyl groups is 1. The number of amides is 1. The summed E-state index contributed by atoms with van der Waals surface area (Å²) in [6.45, 7) is 2.90. The Hall–Kier alpha value is -3.01. The number of carbonyl (C=O) groups is 1. The molecule has 0 aliphatic heterocycles. The molecule has 3 aromatic rings.